The summed E-state index contributed by atoms with van der Waals surface area (Å²) < 4.78 is 4.96. The second-order valence-electron chi connectivity index (χ2n) is 5.36. The molecule has 0 saturated heterocycles. The van der Waals surface area contributed by atoms with E-state index in [0.717, 1.165) is 17.2 Å². The third-order valence-corrected chi connectivity index (χ3v) is 3.60. The number of anilines is 1. The second kappa shape index (κ2) is 7.76. The Balaban J connectivity index is 2.01. The smallest absolute Gasteiger partial charge is 0.338 e. The van der Waals surface area contributed by atoms with Gasteiger partial charge in [0.25, 0.3) is 11.6 Å². The van der Waals surface area contributed by atoms with Crippen LogP contribution in [0, 0.1) is 24.0 Å². The van der Waals surface area contributed by atoms with Gasteiger partial charge in [0.15, 0.2) is 6.61 Å². The van der Waals surface area contributed by atoms with Crippen LogP contribution in [0.5, 0.6) is 0 Å². The van der Waals surface area contributed by atoms with Gasteiger partial charge in [0.2, 0.25) is 0 Å². The third kappa shape index (κ3) is 4.77. The molecule has 0 aliphatic rings. The maximum Gasteiger partial charge on any atom is 0.338 e. The third-order valence-electron chi connectivity index (χ3n) is 3.37. The maximum absolute atomic E-state index is 12.0. The van der Waals surface area contributed by atoms with Crippen molar-refractivity contribution in [3.8, 4) is 0 Å². The van der Waals surface area contributed by atoms with Gasteiger partial charge in [-0.3, -0.25) is 14.9 Å². The summed E-state index contributed by atoms with van der Waals surface area (Å²) in [7, 11) is 0. The number of nitrogens with one attached hydrogen (secondary N) is 1. The molecule has 0 spiro atoms. The summed E-state index contributed by atoms with van der Waals surface area (Å²) >= 11 is 5.71. The molecule has 0 atom stereocenters. The SMILES string of the molecule is Cc1ccc(C(=O)OCC(=O)Nc2ccc(Cl)cc2[N+](=O)[O-])c(C)c1. The molecule has 130 valence electrons. The first-order valence-electron chi connectivity index (χ1n) is 7.26. The van der Waals surface area contributed by atoms with Crippen LogP contribution in [0.15, 0.2) is 36.4 Å². The molecule has 8 heteroatoms. The maximum atomic E-state index is 12.0. The number of esters is 1. The Morgan fingerprint density at radius 1 is 1.20 bits per heavy atom. The highest BCUT2D eigenvalue weighted by Crippen LogP contribution is 2.27. The number of hydrogen-bond acceptors (Lipinski definition) is 5. The molecule has 0 radical (unpaired) electrons. The van der Waals surface area contributed by atoms with Crippen LogP contribution in [0.25, 0.3) is 0 Å². The molecule has 0 saturated carbocycles. The van der Waals surface area contributed by atoms with Gasteiger partial charge in [-0.05, 0) is 37.6 Å². The standard InChI is InChI=1S/C17H15ClN2O5/c1-10-3-5-13(11(2)7-10)17(22)25-9-16(21)19-14-6-4-12(18)8-15(14)20(23)24/h3-8H,9H2,1-2H3,(H,19,21). The van der Waals surface area contributed by atoms with Crippen molar-refractivity contribution in [2.45, 2.75) is 13.8 Å². The molecule has 0 aliphatic carbocycles. The molecule has 2 rings (SSSR count). The molecule has 2 aromatic carbocycles. The van der Waals surface area contributed by atoms with Crippen LogP contribution in [0.4, 0.5) is 11.4 Å². The predicted octanol–water partition coefficient (Wildman–Crippen LogP) is 3.66. The first kappa shape index (κ1) is 18.4. The van der Waals surface area contributed by atoms with Crippen molar-refractivity contribution in [1.29, 1.82) is 0 Å². The van der Waals surface area contributed by atoms with Crippen LogP contribution in [0.2, 0.25) is 5.02 Å². The quantitative estimate of drug-likeness (QED) is 0.497. The minimum absolute atomic E-state index is 0.0260. The lowest BCUT2D eigenvalue weighted by Crippen LogP contribution is -2.21. The fourth-order valence-electron chi connectivity index (χ4n) is 2.20. The largest absolute Gasteiger partial charge is 0.452 e. The second-order valence-corrected chi connectivity index (χ2v) is 5.80. The van der Waals surface area contributed by atoms with Crippen molar-refractivity contribution >= 4 is 34.9 Å². The zero-order chi connectivity index (χ0) is 18.6. The number of nitro benzene ring substituents is 1. The molecule has 2 aromatic rings. The molecule has 0 heterocycles. The molecule has 0 unspecified atom stereocenters. The van der Waals surface area contributed by atoms with E-state index in [0.29, 0.717) is 5.56 Å². The lowest BCUT2D eigenvalue weighted by atomic mass is 10.1. The van der Waals surface area contributed by atoms with E-state index < -0.39 is 23.4 Å². The Kier molecular flexibility index (Phi) is 5.71. The van der Waals surface area contributed by atoms with E-state index in [-0.39, 0.29) is 16.4 Å². The number of aryl methyl sites for hydroxylation is 2. The number of ether oxygens (including phenoxy) is 1. The Hall–Kier alpha value is -2.93. The van der Waals surface area contributed by atoms with Crippen molar-refractivity contribution < 1.29 is 19.2 Å². The van der Waals surface area contributed by atoms with Crippen molar-refractivity contribution in [3.63, 3.8) is 0 Å². The van der Waals surface area contributed by atoms with Gasteiger partial charge in [0, 0.05) is 11.1 Å². The number of carbonyl (C=O) groups excluding carboxylic acids is 2. The zero-order valence-electron chi connectivity index (χ0n) is 13.5. The van der Waals surface area contributed by atoms with E-state index in [1.807, 2.05) is 13.0 Å². The van der Waals surface area contributed by atoms with Gasteiger partial charge in [0.1, 0.15) is 5.69 Å². The highest BCUT2D eigenvalue weighted by atomic mass is 35.5. The van der Waals surface area contributed by atoms with Crippen LogP contribution in [0.1, 0.15) is 21.5 Å². The molecular formula is C17H15ClN2O5. The molecule has 1 N–H and O–H groups in total. The summed E-state index contributed by atoms with van der Waals surface area (Å²) in [5.41, 5.74) is 1.72. The van der Waals surface area contributed by atoms with Gasteiger partial charge in [-0.25, -0.2) is 4.79 Å². The highest BCUT2D eigenvalue weighted by molar-refractivity contribution is 6.31. The number of benzene rings is 2. The monoisotopic (exact) mass is 362 g/mol. The van der Waals surface area contributed by atoms with E-state index in [2.05, 4.69) is 5.32 Å². The first-order valence-corrected chi connectivity index (χ1v) is 7.64. The number of rotatable bonds is 5. The summed E-state index contributed by atoms with van der Waals surface area (Å²) in [6.07, 6.45) is 0. The molecule has 0 aromatic heterocycles. The number of nitro groups is 1. The van der Waals surface area contributed by atoms with E-state index in [9.17, 15) is 19.7 Å². The van der Waals surface area contributed by atoms with Crippen molar-refractivity contribution in [2.24, 2.45) is 0 Å². The Bertz CT molecular complexity index is 851. The summed E-state index contributed by atoms with van der Waals surface area (Å²) in [6.45, 7) is 3.10. The number of carbonyl (C=O) groups is 2. The van der Waals surface area contributed by atoms with Gasteiger partial charge >= 0.3 is 5.97 Å². The number of hydrogen-bond donors (Lipinski definition) is 1. The highest BCUT2D eigenvalue weighted by Gasteiger charge is 2.18. The van der Waals surface area contributed by atoms with Gasteiger partial charge < -0.3 is 10.1 Å². The van der Waals surface area contributed by atoms with Crippen LogP contribution >= 0.6 is 11.6 Å². The van der Waals surface area contributed by atoms with Crippen molar-refractivity contribution in [1.82, 2.24) is 0 Å². The Morgan fingerprint density at radius 2 is 1.92 bits per heavy atom. The van der Waals surface area contributed by atoms with Gasteiger partial charge in [-0.1, -0.05) is 29.3 Å². The number of nitrogens with zero attached hydrogens (tertiary/aromatic N) is 1. The minimum atomic E-state index is -0.691. The van der Waals surface area contributed by atoms with Crippen molar-refractivity contribution in [3.05, 3.63) is 68.2 Å². The van der Waals surface area contributed by atoms with Crippen molar-refractivity contribution in [2.75, 3.05) is 11.9 Å². The van der Waals surface area contributed by atoms with Crippen LogP contribution in [-0.4, -0.2) is 23.4 Å². The van der Waals surface area contributed by atoms with E-state index in [1.165, 1.54) is 12.1 Å². The molecule has 7 nitrogen and oxygen atoms in total. The van der Waals surface area contributed by atoms with Crippen LogP contribution in [0.3, 0.4) is 0 Å². The van der Waals surface area contributed by atoms with Gasteiger partial charge in [-0.15, -0.1) is 0 Å². The van der Waals surface area contributed by atoms with E-state index in [4.69, 9.17) is 16.3 Å². The van der Waals surface area contributed by atoms with Crippen LogP contribution in [-0.2, 0) is 9.53 Å². The Labute approximate surface area is 148 Å². The van der Waals surface area contributed by atoms with E-state index >= 15 is 0 Å². The van der Waals surface area contributed by atoms with Crippen LogP contribution < -0.4 is 5.32 Å². The summed E-state index contributed by atoms with van der Waals surface area (Å²) in [5.74, 6) is -1.33. The fraction of sp³-hybridized carbons (Fsp3) is 0.176. The molecule has 1 amide bonds. The zero-order valence-corrected chi connectivity index (χ0v) is 14.3. The topological polar surface area (TPSA) is 98.5 Å². The predicted molar refractivity (Wildman–Crippen MR) is 92.9 cm³/mol. The molecular weight excluding hydrogens is 348 g/mol. The molecule has 0 fully saturated rings. The Morgan fingerprint density at radius 3 is 2.56 bits per heavy atom. The average molecular weight is 363 g/mol. The van der Waals surface area contributed by atoms with E-state index in [1.54, 1.807) is 19.1 Å². The molecule has 25 heavy (non-hydrogen) atoms. The van der Waals surface area contributed by atoms with Gasteiger partial charge in [-0.2, -0.15) is 0 Å². The number of halogens is 1. The number of amides is 1. The van der Waals surface area contributed by atoms with Gasteiger partial charge in [0.05, 0.1) is 10.5 Å². The fourth-order valence-corrected chi connectivity index (χ4v) is 2.37. The summed E-state index contributed by atoms with van der Waals surface area (Å²) in [4.78, 5) is 34.2. The normalized spacial score (nSPS) is 10.2. The lowest BCUT2D eigenvalue weighted by Gasteiger charge is -2.09. The summed E-state index contributed by atoms with van der Waals surface area (Å²) in [6, 6.07) is 9.05. The lowest BCUT2D eigenvalue weighted by molar-refractivity contribution is -0.383. The minimum Gasteiger partial charge on any atom is -0.452 e. The molecule has 0 bridgehead atoms. The summed E-state index contributed by atoms with van der Waals surface area (Å²) in [5, 5.41) is 13.5. The average Bonchev–Trinajstić information content (AvgIpc) is 2.54. The first-order chi connectivity index (χ1) is 11.8. The molecule has 0 aliphatic heterocycles.